The third-order valence-electron chi connectivity index (χ3n) is 2.72. The molecule has 1 aromatic carbocycles. The molecule has 0 aromatic heterocycles. The predicted octanol–water partition coefficient (Wildman–Crippen LogP) is 2.30. The predicted molar refractivity (Wildman–Crippen MR) is 54.3 cm³/mol. The third kappa shape index (κ3) is 1.48. The Morgan fingerprint density at radius 1 is 1.23 bits per heavy atom. The lowest BCUT2D eigenvalue weighted by molar-refractivity contribution is 0.471. The van der Waals surface area contributed by atoms with Crippen molar-refractivity contribution in [3.05, 3.63) is 23.8 Å². The molecule has 2 nitrogen and oxygen atoms in total. The molecule has 0 atom stereocenters. The summed E-state index contributed by atoms with van der Waals surface area (Å²) in [6.07, 6.45) is 2.55. The number of hydrogen-bond donors (Lipinski definition) is 1. The van der Waals surface area contributed by atoms with E-state index in [0.717, 1.165) is 18.7 Å². The maximum atomic E-state index is 9.53. The van der Waals surface area contributed by atoms with Gasteiger partial charge in [0.1, 0.15) is 5.75 Å². The molecule has 1 saturated heterocycles. The van der Waals surface area contributed by atoms with Crippen LogP contribution in [0.4, 0.5) is 5.69 Å². The average molecular weight is 177 g/mol. The molecule has 13 heavy (non-hydrogen) atoms. The topological polar surface area (TPSA) is 23.5 Å². The van der Waals surface area contributed by atoms with Crippen molar-refractivity contribution in [3.8, 4) is 5.75 Å². The van der Waals surface area contributed by atoms with Crippen molar-refractivity contribution in [2.75, 3.05) is 18.0 Å². The number of phenols is 1. The smallest absolute Gasteiger partial charge is 0.120 e. The van der Waals surface area contributed by atoms with Crippen LogP contribution in [0.15, 0.2) is 18.2 Å². The quantitative estimate of drug-likeness (QED) is 0.711. The lowest BCUT2D eigenvalue weighted by Crippen LogP contribution is -2.18. The summed E-state index contributed by atoms with van der Waals surface area (Å²) in [5.41, 5.74) is 2.20. The standard InChI is InChI=1S/C11H15NO/c1-9-10(5-4-6-11(9)13)12-7-2-3-8-12/h4-6,13H,2-3,7-8H2,1H3. The Kier molecular flexibility index (Phi) is 2.13. The van der Waals surface area contributed by atoms with Crippen LogP contribution in [0, 0.1) is 6.92 Å². The van der Waals surface area contributed by atoms with E-state index in [2.05, 4.69) is 11.0 Å². The molecule has 2 heteroatoms. The summed E-state index contributed by atoms with van der Waals surface area (Å²) in [5.74, 6) is 0.407. The minimum atomic E-state index is 0.407. The van der Waals surface area contributed by atoms with E-state index in [0.29, 0.717) is 5.75 Å². The Balaban J connectivity index is 2.33. The molecule has 1 N–H and O–H groups in total. The van der Waals surface area contributed by atoms with Crippen molar-refractivity contribution in [1.82, 2.24) is 0 Å². The van der Waals surface area contributed by atoms with Crippen molar-refractivity contribution >= 4 is 5.69 Å². The molecule has 2 rings (SSSR count). The summed E-state index contributed by atoms with van der Waals surface area (Å²) < 4.78 is 0. The van der Waals surface area contributed by atoms with Gasteiger partial charge >= 0.3 is 0 Å². The van der Waals surface area contributed by atoms with Gasteiger partial charge in [0.25, 0.3) is 0 Å². The maximum Gasteiger partial charge on any atom is 0.120 e. The number of rotatable bonds is 1. The van der Waals surface area contributed by atoms with Crippen LogP contribution in [-0.2, 0) is 0 Å². The molecule has 0 unspecified atom stereocenters. The zero-order chi connectivity index (χ0) is 9.26. The van der Waals surface area contributed by atoms with Crippen LogP contribution in [0.2, 0.25) is 0 Å². The molecule has 0 spiro atoms. The number of phenolic OH excluding ortho intramolecular Hbond substituents is 1. The van der Waals surface area contributed by atoms with Gasteiger partial charge in [-0.25, -0.2) is 0 Å². The number of nitrogens with zero attached hydrogens (tertiary/aromatic N) is 1. The molecule has 1 aliphatic heterocycles. The number of benzene rings is 1. The fourth-order valence-electron chi connectivity index (χ4n) is 1.91. The van der Waals surface area contributed by atoms with Crippen molar-refractivity contribution in [3.63, 3.8) is 0 Å². The van der Waals surface area contributed by atoms with E-state index in [1.54, 1.807) is 6.07 Å². The van der Waals surface area contributed by atoms with Crippen LogP contribution in [-0.4, -0.2) is 18.2 Å². The molecule has 1 aromatic rings. The Morgan fingerprint density at radius 3 is 2.62 bits per heavy atom. The summed E-state index contributed by atoms with van der Waals surface area (Å²) in [6, 6.07) is 5.74. The van der Waals surface area contributed by atoms with E-state index in [9.17, 15) is 5.11 Å². The van der Waals surface area contributed by atoms with Gasteiger partial charge in [-0.15, -0.1) is 0 Å². The van der Waals surface area contributed by atoms with Crippen LogP contribution >= 0.6 is 0 Å². The summed E-state index contributed by atoms with van der Waals surface area (Å²) in [5, 5.41) is 9.53. The Bertz CT molecular complexity index is 303. The van der Waals surface area contributed by atoms with Gasteiger partial charge in [0.2, 0.25) is 0 Å². The van der Waals surface area contributed by atoms with Gasteiger partial charge in [-0.05, 0) is 31.9 Å². The van der Waals surface area contributed by atoms with E-state index < -0.39 is 0 Å². The SMILES string of the molecule is Cc1c(O)cccc1N1CCCC1. The highest BCUT2D eigenvalue weighted by atomic mass is 16.3. The van der Waals surface area contributed by atoms with Crippen LogP contribution in [0.5, 0.6) is 5.75 Å². The van der Waals surface area contributed by atoms with Gasteiger partial charge in [-0.2, -0.15) is 0 Å². The largest absolute Gasteiger partial charge is 0.508 e. The van der Waals surface area contributed by atoms with Crippen molar-refractivity contribution in [1.29, 1.82) is 0 Å². The first-order valence-electron chi connectivity index (χ1n) is 4.82. The van der Waals surface area contributed by atoms with Gasteiger partial charge in [0, 0.05) is 24.3 Å². The fourth-order valence-corrected chi connectivity index (χ4v) is 1.91. The molecular weight excluding hydrogens is 162 g/mol. The van der Waals surface area contributed by atoms with E-state index in [-0.39, 0.29) is 0 Å². The van der Waals surface area contributed by atoms with Gasteiger partial charge < -0.3 is 10.0 Å². The molecule has 70 valence electrons. The number of hydrogen-bond acceptors (Lipinski definition) is 2. The van der Waals surface area contributed by atoms with E-state index in [1.807, 2.05) is 13.0 Å². The summed E-state index contributed by atoms with van der Waals surface area (Å²) >= 11 is 0. The lowest BCUT2D eigenvalue weighted by Gasteiger charge is -2.20. The molecule has 1 aliphatic rings. The Labute approximate surface area is 78.8 Å². The second-order valence-corrected chi connectivity index (χ2v) is 3.62. The summed E-state index contributed by atoms with van der Waals surface area (Å²) in [4.78, 5) is 2.34. The fraction of sp³-hybridized carbons (Fsp3) is 0.455. The highest BCUT2D eigenvalue weighted by Crippen LogP contribution is 2.29. The molecule has 0 bridgehead atoms. The molecule has 1 heterocycles. The first-order chi connectivity index (χ1) is 6.29. The Hall–Kier alpha value is -1.18. The second kappa shape index (κ2) is 3.29. The molecule has 1 fully saturated rings. The van der Waals surface area contributed by atoms with Crippen LogP contribution in [0.1, 0.15) is 18.4 Å². The van der Waals surface area contributed by atoms with Gasteiger partial charge in [0.15, 0.2) is 0 Å². The van der Waals surface area contributed by atoms with Crippen molar-refractivity contribution < 1.29 is 5.11 Å². The minimum Gasteiger partial charge on any atom is -0.508 e. The normalized spacial score (nSPS) is 16.5. The monoisotopic (exact) mass is 177 g/mol. The van der Waals surface area contributed by atoms with Crippen molar-refractivity contribution in [2.45, 2.75) is 19.8 Å². The molecule has 0 saturated carbocycles. The number of anilines is 1. The van der Waals surface area contributed by atoms with E-state index >= 15 is 0 Å². The molecule has 0 amide bonds. The van der Waals surface area contributed by atoms with Gasteiger partial charge in [-0.1, -0.05) is 6.07 Å². The minimum absolute atomic E-state index is 0.407. The van der Waals surface area contributed by atoms with E-state index in [1.165, 1.54) is 18.5 Å². The van der Waals surface area contributed by atoms with Gasteiger partial charge in [0.05, 0.1) is 0 Å². The average Bonchev–Trinajstić information content (AvgIpc) is 2.62. The zero-order valence-electron chi connectivity index (χ0n) is 7.95. The van der Waals surface area contributed by atoms with Crippen LogP contribution in [0.25, 0.3) is 0 Å². The maximum absolute atomic E-state index is 9.53. The summed E-state index contributed by atoms with van der Waals surface area (Å²) in [7, 11) is 0. The first kappa shape index (κ1) is 8.42. The van der Waals surface area contributed by atoms with Gasteiger partial charge in [-0.3, -0.25) is 0 Å². The molecule has 0 radical (unpaired) electrons. The molecular formula is C11H15NO. The van der Waals surface area contributed by atoms with E-state index in [4.69, 9.17) is 0 Å². The molecule has 0 aliphatic carbocycles. The number of aromatic hydroxyl groups is 1. The first-order valence-corrected chi connectivity index (χ1v) is 4.82. The van der Waals surface area contributed by atoms with Crippen LogP contribution in [0.3, 0.4) is 0 Å². The Morgan fingerprint density at radius 2 is 1.92 bits per heavy atom. The summed E-state index contributed by atoms with van der Waals surface area (Å²) in [6.45, 7) is 4.23. The second-order valence-electron chi connectivity index (χ2n) is 3.62. The lowest BCUT2D eigenvalue weighted by atomic mass is 10.1. The van der Waals surface area contributed by atoms with Crippen molar-refractivity contribution in [2.24, 2.45) is 0 Å². The van der Waals surface area contributed by atoms with Crippen LogP contribution < -0.4 is 4.90 Å². The zero-order valence-corrected chi connectivity index (χ0v) is 7.95. The highest BCUT2D eigenvalue weighted by Gasteiger charge is 2.14. The third-order valence-corrected chi connectivity index (χ3v) is 2.72. The highest BCUT2D eigenvalue weighted by molar-refractivity contribution is 5.58.